The molecule has 2 aromatic rings. The Bertz CT molecular complexity index is 670. The summed E-state index contributed by atoms with van der Waals surface area (Å²) >= 11 is 0. The van der Waals surface area contributed by atoms with Gasteiger partial charge in [-0.1, -0.05) is 29.8 Å². The van der Waals surface area contributed by atoms with E-state index in [9.17, 15) is 4.79 Å². The average molecular weight is 311 g/mol. The van der Waals surface area contributed by atoms with Crippen molar-refractivity contribution in [2.45, 2.75) is 39.2 Å². The molecule has 4 nitrogen and oxygen atoms in total. The van der Waals surface area contributed by atoms with Gasteiger partial charge in [0.2, 0.25) is 0 Å². The van der Waals surface area contributed by atoms with Crippen LogP contribution in [0.15, 0.2) is 36.7 Å². The third-order valence-electron chi connectivity index (χ3n) is 4.69. The summed E-state index contributed by atoms with van der Waals surface area (Å²) in [4.78, 5) is 14.9. The third kappa shape index (κ3) is 3.63. The largest absolute Gasteiger partial charge is 0.335 e. The van der Waals surface area contributed by atoms with Gasteiger partial charge in [-0.25, -0.2) is 0 Å². The van der Waals surface area contributed by atoms with E-state index in [2.05, 4.69) is 43.2 Å². The smallest absolute Gasteiger partial charge is 0.257 e. The van der Waals surface area contributed by atoms with Gasteiger partial charge in [-0.05, 0) is 44.6 Å². The number of carbonyl (C=O) groups excluding carboxylic acids is 1. The topological polar surface area (TPSA) is 38.1 Å². The normalized spacial score (nSPS) is 15.4. The van der Waals surface area contributed by atoms with E-state index in [1.165, 1.54) is 24.0 Å². The first-order valence-electron chi connectivity index (χ1n) is 8.43. The molecule has 0 radical (unpaired) electrons. The van der Waals surface area contributed by atoms with Crippen molar-refractivity contribution in [2.24, 2.45) is 13.0 Å². The summed E-state index contributed by atoms with van der Waals surface area (Å²) in [6.45, 7) is 4.91. The van der Waals surface area contributed by atoms with Crippen molar-refractivity contribution in [2.75, 3.05) is 6.54 Å². The van der Waals surface area contributed by atoms with Gasteiger partial charge in [0, 0.05) is 25.8 Å². The van der Waals surface area contributed by atoms with Gasteiger partial charge in [-0.3, -0.25) is 9.48 Å². The molecule has 1 saturated carbocycles. The first kappa shape index (κ1) is 15.8. The summed E-state index contributed by atoms with van der Waals surface area (Å²) in [5, 5.41) is 4.14. The zero-order valence-corrected chi connectivity index (χ0v) is 14.2. The maximum Gasteiger partial charge on any atom is 0.257 e. The quantitative estimate of drug-likeness (QED) is 0.821. The molecule has 1 aliphatic carbocycles. The van der Waals surface area contributed by atoms with Crippen molar-refractivity contribution in [1.29, 1.82) is 0 Å². The Hall–Kier alpha value is -2.10. The number of hydrogen-bond acceptors (Lipinski definition) is 2. The SMILES string of the molecule is CCN(C(=O)c1cnn(C)c1)C(Cc1ccc(C)cc1)C1CC1. The zero-order valence-electron chi connectivity index (χ0n) is 14.2. The van der Waals surface area contributed by atoms with Gasteiger partial charge in [-0.15, -0.1) is 0 Å². The second-order valence-corrected chi connectivity index (χ2v) is 6.59. The van der Waals surface area contributed by atoms with Crippen molar-refractivity contribution in [3.8, 4) is 0 Å². The van der Waals surface area contributed by atoms with Crippen molar-refractivity contribution in [3.63, 3.8) is 0 Å². The molecule has 1 heterocycles. The Balaban J connectivity index is 1.80. The Kier molecular flexibility index (Phi) is 4.51. The lowest BCUT2D eigenvalue weighted by molar-refractivity contribution is 0.0666. The third-order valence-corrected chi connectivity index (χ3v) is 4.69. The van der Waals surface area contributed by atoms with Crippen LogP contribution >= 0.6 is 0 Å². The van der Waals surface area contributed by atoms with Crippen LogP contribution in [0.1, 0.15) is 41.3 Å². The molecule has 23 heavy (non-hydrogen) atoms. The number of likely N-dealkylation sites (N-methyl/N-ethyl adjacent to an activating group) is 1. The molecule has 1 amide bonds. The van der Waals surface area contributed by atoms with Crippen LogP contribution in [0.25, 0.3) is 0 Å². The number of benzene rings is 1. The summed E-state index contributed by atoms with van der Waals surface area (Å²) in [5.41, 5.74) is 3.27. The molecule has 1 aromatic heterocycles. The fourth-order valence-electron chi connectivity index (χ4n) is 3.20. The summed E-state index contributed by atoms with van der Waals surface area (Å²) in [6.07, 6.45) is 6.87. The van der Waals surface area contributed by atoms with Crippen LogP contribution in [-0.4, -0.2) is 33.2 Å². The highest BCUT2D eigenvalue weighted by molar-refractivity contribution is 5.94. The van der Waals surface area contributed by atoms with Crippen molar-refractivity contribution >= 4 is 5.91 Å². The lowest BCUT2D eigenvalue weighted by Crippen LogP contribution is -2.42. The predicted octanol–water partition coefficient (Wildman–Crippen LogP) is 3.21. The number of rotatable bonds is 6. The molecule has 1 atom stereocenters. The maximum absolute atomic E-state index is 12.9. The second-order valence-electron chi connectivity index (χ2n) is 6.59. The van der Waals surface area contributed by atoms with Gasteiger partial charge in [0.05, 0.1) is 11.8 Å². The molecule has 1 aliphatic rings. The standard InChI is InChI=1S/C19H25N3O/c1-4-22(19(23)17-12-20-21(3)13-17)18(16-9-10-16)11-15-7-5-14(2)6-8-15/h5-8,12-13,16,18H,4,9-11H2,1-3H3. The molecule has 0 saturated heterocycles. The van der Waals surface area contributed by atoms with Gasteiger partial charge in [0.15, 0.2) is 0 Å². The Labute approximate surface area is 138 Å². The molecule has 3 rings (SSSR count). The van der Waals surface area contributed by atoms with Crippen LogP contribution in [-0.2, 0) is 13.5 Å². The Morgan fingerprint density at radius 1 is 1.35 bits per heavy atom. The lowest BCUT2D eigenvalue weighted by Gasteiger charge is -2.31. The fraction of sp³-hybridized carbons (Fsp3) is 0.474. The molecule has 122 valence electrons. The van der Waals surface area contributed by atoms with E-state index in [1.807, 2.05) is 11.9 Å². The maximum atomic E-state index is 12.9. The Morgan fingerprint density at radius 3 is 2.57 bits per heavy atom. The van der Waals surface area contributed by atoms with Crippen LogP contribution in [0.2, 0.25) is 0 Å². The Morgan fingerprint density at radius 2 is 2.04 bits per heavy atom. The van der Waals surface area contributed by atoms with E-state index in [0.717, 1.165) is 13.0 Å². The van der Waals surface area contributed by atoms with Crippen LogP contribution in [0.5, 0.6) is 0 Å². The van der Waals surface area contributed by atoms with E-state index in [4.69, 9.17) is 0 Å². The minimum Gasteiger partial charge on any atom is -0.335 e. The number of aromatic nitrogens is 2. The molecule has 0 bridgehead atoms. The monoisotopic (exact) mass is 311 g/mol. The number of carbonyl (C=O) groups is 1. The first-order valence-corrected chi connectivity index (χ1v) is 8.43. The van der Waals surface area contributed by atoms with Crippen LogP contribution in [0.3, 0.4) is 0 Å². The van der Waals surface area contributed by atoms with Crippen LogP contribution in [0.4, 0.5) is 0 Å². The second kappa shape index (κ2) is 6.57. The van der Waals surface area contributed by atoms with Crippen molar-refractivity contribution < 1.29 is 4.79 Å². The molecule has 1 aromatic carbocycles. The zero-order chi connectivity index (χ0) is 16.4. The molecule has 1 unspecified atom stereocenters. The van der Waals surface area contributed by atoms with Crippen molar-refractivity contribution in [3.05, 3.63) is 53.3 Å². The van der Waals surface area contributed by atoms with E-state index < -0.39 is 0 Å². The van der Waals surface area contributed by atoms with E-state index in [-0.39, 0.29) is 11.9 Å². The molecule has 4 heteroatoms. The van der Waals surface area contributed by atoms with Crippen molar-refractivity contribution in [1.82, 2.24) is 14.7 Å². The van der Waals surface area contributed by atoms with Gasteiger partial charge in [-0.2, -0.15) is 5.10 Å². The summed E-state index contributed by atoms with van der Waals surface area (Å²) in [5.74, 6) is 0.737. The molecule has 0 N–H and O–H groups in total. The van der Waals surface area contributed by atoms with Crippen LogP contribution in [0, 0.1) is 12.8 Å². The van der Waals surface area contributed by atoms with Gasteiger partial charge in [0.1, 0.15) is 0 Å². The average Bonchev–Trinajstić information content (AvgIpc) is 3.30. The van der Waals surface area contributed by atoms with E-state index in [0.29, 0.717) is 11.5 Å². The van der Waals surface area contributed by atoms with E-state index >= 15 is 0 Å². The number of nitrogens with zero attached hydrogens (tertiary/aromatic N) is 3. The molecular weight excluding hydrogens is 286 g/mol. The summed E-state index contributed by atoms with van der Waals surface area (Å²) in [6, 6.07) is 8.97. The number of hydrogen-bond donors (Lipinski definition) is 0. The highest BCUT2D eigenvalue weighted by Gasteiger charge is 2.37. The van der Waals surface area contributed by atoms with Gasteiger partial charge >= 0.3 is 0 Å². The minimum absolute atomic E-state index is 0.101. The summed E-state index contributed by atoms with van der Waals surface area (Å²) in [7, 11) is 1.84. The van der Waals surface area contributed by atoms with Gasteiger partial charge < -0.3 is 4.90 Å². The summed E-state index contributed by atoms with van der Waals surface area (Å²) < 4.78 is 1.69. The minimum atomic E-state index is 0.101. The lowest BCUT2D eigenvalue weighted by atomic mass is 9.99. The first-order chi connectivity index (χ1) is 11.1. The van der Waals surface area contributed by atoms with E-state index in [1.54, 1.807) is 17.1 Å². The fourth-order valence-corrected chi connectivity index (χ4v) is 3.20. The van der Waals surface area contributed by atoms with Crippen LogP contribution < -0.4 is 0 Å². The molecule has 0 spiro atoms. The molecule has 1 fully saturated rings. The number of aryl methyl sites for hydroxylation is 2. The van der Waals surface area contributed by atoms with Gasteiger partial charge in [0.25, 0.3) is 5.91 Å². The molecular formula is C19H25N3O. The molecule has 0 aliphatic heterocycles. The predicted molar refractivity (Wildman–Crippen MR) is 91.3 cm³/mol. The highest BCUT2D eigenvalue weighted by atomic mass is 16.2. The number of amides is 1. The highest BCUT2D eigenvalue weighted by Crippen LogP contribution is 2.37.